The fourth-order valence-corrected chi connectivity index (χ4v) is 1.91. The summed E-state index contributed by atoms with van der Waals surface area (Å²) in [4.78, 5) is 4.58. The van der Waals surface area contributed by atoms with Gasteiger partial charge in [-0.1, -0.05) is 11.8 Å². The van der Waals surface area contributed by atoms with Crippen molar-refractivity contribution in [1.82, 2.24) is 9.80 Å². The third-order valence-electron chi connectivity index (χ3n) is 3.05. The van der Waals surface area contributed by atoms with Gasteiger partial charge in [-0.05, 0) is 11.8 Å². The predicted octanol–water partition coefficient (Wildman–Crippen LogP) is -0.342. The van der Waals surface area contributed by atoms with Gasteiger partial charge in [-0.25, -0.2) is 0 Å². The first-order chi connectivity index (χ1) is 8.95. The predicted molar refractivity (Wildman–Crippen MR) is 70.1 cm³/mol. The highest BCUT2D eigenvalue weighted by Gasteiger charge is 2.08. The lowest BCUT2D eigenvalue weighted by Gasteiger charge is -2.24. The third-order valence-corrected chi connectivity index (χ3v) is 3.05. The lowest BCUT2D eigenvalue weighted by atomic mass is 10.4. The number of ether oxygens (including phenoxy) is 2. The monoisotopic (exact) mass is 248 g/mol. The Bertz CT molecular complexity index is 313. The summed E-state index contributed by atoms with van der Waals surface area (Å²) >= 11 is 0. The Hall–Kier alpha value is -1.04. The molecule has 0 aliphatic carbocycles. The minimum atomic E-state index is 0.801. The Morgan fingerprint density at radius 1 is 0.667 bits per heavy atom. The smallest absolute Gasteiger partial charge is 0.0613 e. The summed E-state index contributed by atoms with van der Waals surface area (Å²) in [5, 5.41) is 0. The summed E-state index contributed by atoms with van der Waals surface area (Å²) in [6.45, 7) is 8.83. The normalized spacial score (nSPS) is 21.6. The van der Waals surface area contributed by atoms with Crippen LogP contribution in [0, 0.1) is 23.7 Å². The first-order valence-corrected chi connectivity index (χ1v) is 6.51. The molecule has 2 aliphatic rings. The molecule has 4 heteroatoms. The summed E-state index contributed by atoms with van der Waals surface area (Å²) in [6.07, 6.45) is 0. The Morgan fingerprint density at radius 2 is 1.06 bits per heavy atom. The average Bonchev–Trinajstić information content (AvgIpc) is 2.45. The van der Waals surface area contributed by atoms with Crippen LogP contribution < -0.4 is 0 Å². The molecule has 0 aromatic heterocycles. The van der Waals surface area contributed by atoms with E-state index in [9.17, 15) is 0 Å². The molecule has 0 bridgehead atoms. The van der Waals surface area contributed by atoms with Gasteiger partial charge in [-0.3, -0.25) is 9.80 Å². The van der Waals surface area contributed by atoms with E-state index >= 15 is 0 Å². The second-order valence-corrected chi connectivity index (χ2v) is 4.38. The third kappa shape index (κ3) is 5.08. The van der Waals surface area contributed by atoms with Crippen LogP contribution in [0.5, 0.6) is 0 Å². The van der Waals surface area contributed by atoms with Crippen molar-refractivity contribution in [3.05, 3.63) is 0 Å². The van der Waals surface area contributed by atoms with Crippen molar-refractivity contribution in [3.8, 4) is 23.7 Å². The largest absolute Gasteiger partial charge is 0.379 e. The van der Waals surface area contributed by atoms with Crippen molar-refractivity contribution in [1.29, 1.82) is 0 Å². The molecule has 2 aliphatic heterocycles. The van der Waals surface area contributed by atoms with Crippen molar-refractivity contribution in [3.63, 3.8) is 0 Å². The van der Waals surface area contributed by atoms with E-state index in [1.807, 2.05) is 0 Å². The van der Waals surface area contributed by atoms with Crippen LogP contribution in [-0.2, 0) is 9.47 Å². The van der Waals surface area contributed by atoms with Gasteiger partial charge in [0.1, 0.15) is 0 Å². The molecular formula is C14H20N2O2. The second kappa shape index (κ2) is 8.13. The maximum Gasteiger partial charge on any atom is 0.0613 e. The fraction of sp³-hybridized carbons (Fsp3) is 0.714. The van der Waals surface area contributed by atoms with Crippen LogP contribution in [0.2, 0.25) is 0 Å². The minimum absolute atomic E-state index is 0.801. The van der Waals surface area contributed by atoms with Gasteiger partial charge in [0.05, 0.1) is 39.5 Å². The maximum absolute atomic E-state index is 5.28. The highest BCUT2D eigenvalue weighted by molar-refractivity contribution is 5.26. The molecule has 2 fully saturated rings. The number of rotatable bonds is 2. The van der Waals surface area contributed by atoms with E-state index in [1.54, 1.807) is 0 Å². The molecular weight excluding hydrogens is 228 g/mol. The first kappa shape index (κ1) is 13.4. The minimum Gasteiger partial charge on any atom is -0.379 e. The Morgan fingerprint density at radius 3 is 1.44 bits per heavy atom. The van der Waals surface area contributed by atoms with Crippen molar-refractivity contribution >= 4 is 0 Å². The molecule has 2 saturated heterocycles. The van der Waals surface area contributed by atoms with E-state index in [0.29, 0.717) is 0 Å². The van der Waals surface area contributed by atoms with Crippen LogP contribution in [0.3, 0.4) is 0 Å². The SMILES string of the molecule is C(C#CCN1CCOCC1)#CCN1CCOCC1. The van der Waals surface area contributed by atoms with Gasteiger partial charge >= 0.3 is 0 Å². The van der Waals surface area contributed by atoms with E-state index in [-0.39, 0.29) is 0 Å². The van der Waals surface area contributed by atoms with E-state index in [1.165, 1.54) is 0 Å². The van der Waals surface area contributed by atoms with Gasteiger partial charge in [0.2, 0.25) is 0 Å². The number of morpholine rings is 2. The van der Waals surface area contributed by atoms with Gasteiger partial charge in [-0.2, -0.15) is 0 Å². The molecule has 0 atom stereocenters. The van der Waals surface area contributed by atoms with Gasteiger partial charge in [0.15, 0.2) is 0 Å². The van der Waals surface area contributed by atoms with Gasteiger partial charge in [-0.15, -0.1) is 0 Å². The van der Waals surface area contributed by atoms with E-state index < -0.39 is 0 Å². The quantitative estimate of drug-likeness (QED) is 0.624. The molecule has 0 unspecified atom stereocenters. The van der Waals surface area contributed by atoms with Crippen LogP contribution >= 0.6 is 0 Å². The van der Waals surface area contributed by atoms with E-state index in [4.69, 9.17) is 9.47 Å². The van der Waals surface area contributed by atoms with Gasteiger partial charge in [0, 0.05) is 26.2 Å². The molecule has 0 aromatic rings. The molecule has 0 aromatic carbocycles. The molecule has 4 nitrogen and oxygen atoms in total. The standard InChI is InChI=1S/C14H20N2O2/c1(3-5-15-7-11-17-12-8-15)2-4-6-16-9-13-18-14-10-16/h5-14H2. The molecule has 2 heterocycles. The van der Waals surface area contributed by atoms with Crippen molar-refractivity contribution in [2.24, 2.45) is 0 Å². The van der Waals surface area contributed by atoms with Crippen LogP contribution in [0.4, 0.5) is 0 Å². The molecule has 0 amide bonds. The molecule has 98 valence electrons. The Balaban J connectivity index is 1.61. The van der Waals surface area contributed by atoms with Crippen LogP contribution in [0.25, 0.3) is 0 Å². The van der Waals surface area contributed by atoms with Crippen molar-refractivity contribution in [2.45, 2.75) is 0 Å². The number of hydrogen-bond donors (Lipinski definition) is 0. The first-order valence-electron chi connectivity index (χ1n) is 6.51. The fourth-order valence-electron chi connectivity index (χ4n) is 1.91. The van der Waals surface area contributed by atoms with Crippen molar-refractivity contribution < 1.29 is 9.47 Å². The summed E-state index contributed by atoms with van der Waals surface area (Å²) in [7, 11) is 0. The van der Waals surface area contributed by atoms with Crippen LogP contribution in [0.1, 0.15) is 0 Å². The van der Waals surface area contributed by atoms with Crippen LogP contribution in [0.15, 0.2) is 0 Å². The lowest BCUT2D eigenvalue weighted by Crippen LogP contribution is -2.36. The highest BCUT2D eigenvalue weighted by Crippen LogP contribution is 1.95. The maximum atomic E-state index is 5.28. The Labute approximate surface area is 109 Å². The lowest BCUT2D eigenvalue weighted by molar-refractivity contribution is 0.0442. The molecule has 0 radical (unpaired) electrons. The molecule has 2 rings (SSSR count). The van der Waals surface area contributed by atoms with Gasteiger partial charge in [0.25, 0.3) is 0 Å². The molecule has 0 spiro atoms. The van der Waals surface area contributed by atoms with Crippen molar-refractivity contribution in [2.75, 3.05) is 65.7 Å². The topological polar surface area (TPSA) is 24.9 Å². The molecule has 18 heavy (non-hydrogen) atoms. The highest BCUT2D eigenvalue weighted by atomic mass is 16.5. The average molecular weight is 248 g/mol. The van der Waals surface area contributed by atoms with Gasteiger partial charge < -0.3 is 9.47 Å². The zero-order valence-corrected chi connectivity index (χ0v) is 10.8. The summed E-state index contributed by atoms with van der Waals surface area (Å²) in [6, 6.07) is 0. The zero-order valence-electron chi connectivity index (χ0n) is 10.8. The number of hydrogen-bond acceptors (Lipinski definition) is 4. The number of nitrogens with zero attached hydrogens (tertiary/aromatic N) is 2. The van der Waals surface area contributed by atoms with E-state index in [2.05, 4.69) is 33.5 Å². The molecule has 0 N–H and O–H groups in total. The zero-order chi connectivity index (χ0) is 12.5. The van der Waals surface area contributed by atoms with Crippen LogP contribution in [-0.4, -0.2) is 75.5 Å². The second-order valence-electron chi connectivity index (χ2n) is 4.38. The summed E-state index contributed by atoms with van der Waals surface area (Å²) in [5.41, 5.74) is 0. The Kier molecular flexibility index (Phi) is 6.05. The summed E-state index contributed by atoms with van der Waals surface area (Å²) in [5.74, 6) is 12.0. The summed E-state index contributed by atoms with van der Waals surface area (Å²) < 4.78 is 10.6. The molecule has 0 saturated carbocycles. The van der Waals surface area contributed by atoms with E-state index in [0.717, 1.165) is 65.7 Å².